The molecular formula is C14H28N2O. The van der Waals surface area contributed by atoms with Crippen molar-refractivity contribution in [3.05, 3.63) is 0 Å². The van der Waals surface area contributed by atoms with Crippen molar-refractivity contribution in [2.45, 2.75) is 59.4 Å². The highest BCUT2D eigenvalue weighted by atomic mass is 16.2. The van der Waals surface area contributed by atoms with Gasteiger partial charge in [0.05, 0.1) is 5.41 Å². The van der Waals surface area contributed by atoms with Crippen molar-refractivity contribution < 1.29 is 4.79 Å². The quantitative estimate of drug-likeness (QED) is 0.774. The van der Waals surface area contributed by atoms with Gasteiger partial charge in [0.15, 0.2) is 0 Å². The second kappa shape index (κ2) is 6.39. The minimum absolute atomic E-state index is 0.163. The van der Waals surface area contributed by atoms with Crippen LogP contribution in [0.1, 0.15) is 53.4 Å². The van der Waals surface area contributed by atoms with Gasteiger partial charge >= 0.3 is 0 Å². The second-order valence-electron chi connectivity index (χ2n) is 5.92. The van der Waals surface area contributed by atoms with E-state index in [0.29, 0.717) is 5.92 Å². The first-order chi connectivity index (χ1) is 8.00. The van der Waals surface area contributed by atoms with Crippen LogP contribution in [0.2, 0.25) is 0 Å². The van der Waals surface area contributed by atoms with Crippen LogP contribution in [0.15, 0.2) is 0 Å². The zero-order chi connectivity index (χ0) is 12.9. The number of rotatable bonds is 5. The van der Waals surface area contributed by atoms with E-state index in [0.717, 1.165) is 38.8 Å². The summed E-state index contributed by atoms with van der Waals surface area (Å²) in [5, 5.41) is 6.55. The summed E-state index contributed by atoms with van der Waals surface area (Å²) in [6, 6.07) is 0.285. The molecule has 1 heterocycles. The molecule has 1 rings (SSSR count). The molecule has 1 aliphatic heterocycles. The summed E-state index contributed by atoms with van der Waals surface area (Å²) >= 11 is 0. The molecule has 0 aromatic heterocycles. The maximum atomic E-state index is 12.4. The van der Waals surface area contributed by atoms with Gasteiger partial charge < -0.3 is 10.6 Å². The molecule has 0 radical (unpaired) electrons. The first kappa shape index (κ1) is 14.5. The predicted molar refractivity (Wildman–Crippen MR) is 71.9 cm³/mol. The van der Waals surface area contributed by atoms with E-state index in [2.05, 4.69) is 38.3 Å². The third-order valence-electron chi connectivity index (χ3n) is 3.83. The van der Waals surface area contributed by atoms with Crippen molar-refractivity contribution in [1.82, 2.24) is 10.6 Å². The van der Waals surface area contributed by atoms with Crippen molar-refractivity contribution in [2.75, 3.05) is 13.1 Å². The van der Waals surface area contributed by atoms with Gasteiger partial charge in [0, 0.05) is 12.6 Å². The third-order valence-corrected chi connectivity index (χ3v) is 3.83. The Bertz CT molecular complexity index is 245. The zero-order valence-corrected chi connectivity index (χ0v) is 11.8. The molecule has 1 saturated heterocycles. The molecule has 1 fully saturated rings. The molecule has 2 N–H and O–H groups in total. The zero-order valence-electron chi connectivity index (χ0n) is 11.8. The van der Waals surface area contributed by atoms with E-state index < -0.39 is 0 Å². The van der Waals surface area contributed by atoms with Gasteiger partial charge in [0.1, 0.15) is 0 Å². The molecule has 3 nitrogen and oxygen atoms in total. The van der Waals surface area contributed by atoms with Gasteiger partial charge in [0.2, 0.25) is 5.91 Å². The largest absolute Gasteiger partial charge is 0.353 e. The van der Waals surface area contributed by atoms with Gasteiger partial charge in [-0.15, -0.1) is 0 Å². The van der Waals surface area contributed by atoms with Crippen LogP contribution in [0.3, 0.4) is 0 Å². The summed E-state index contributed by atoms with van der Waals surface area (Å²) in [5.74, 6) is 0.882. The first-order valence-electron chi connectivity index (χ1n) is 7.02. The van der Waals surface area contributed by atoms with Gasteiger partial charge in [-0.3, -0.25) is 4.79 Å². The Kier molecular flexibility index (Phi) is 5.44. The molecule has 17 heavy (non-hydrogen) atoms. The van der Waals surface area contributed by atoms with E-state index in [1.165, 1.54) is 0 Å². The lowest BCUT2D eigenvalue weighted by molar-refractivity contribution is -0.133. The highest BCUT2D eigenvalue weighted by Gasteiger charge is 2.38. The standard InChI is InChI=1S/C14H28N2O/c1-5-14(7-6-8-15-10-14)13(17)16-12(4)9-11(2)3/h11-12,15H,5-10H2,1-4H3,(H,16,17). The summed E-state index contributed by atoms with van der Waals surface area (Å²) < 4.78 is 0. The minimum Gasteiger partial charge on any atom is -0.353 e. The van der Waals surface area contributed by atoms with Crippen LogP contribution < -0.4 is 10.6 Å². The monoisotopic (exact) mass is 240 g/mol. The summed E-state index contributed by atoms with van der Waals surface area (Å²) in [7, 11) is 0. The van der Waals surface area contributed by atoms with E-state index in [1.54, 1.807) is 0 Å². The Morgan fingerprint density at radius 1 is 1.41 bits per heavy atom. The van der Waals surface area contributed by atoms with Gasteiger partial charge in [0.25, 0.3) is 0 Å². The van der Waals surface area contributed by atoms with Crippen LogP contribution in [0, 0.1) is 11.3 Å². The fourth-order valence-electron chi connectivity index (χ4n) is 2.77. The minimum atomic E-state index is -0.163. The Balaban J connectivity index is 2.54. The van der Waals surface area contributed by atoms with E-state index in [4.69, 9.17) is 0 Å². The Morgan fingerprint density at radius 2 is 2.12 bits per heavy atom. The fourth-order valence-corrected chi connectivity index (χ4v) is 2.77. The molecule has 0 aliphatic carbocycles. The fraction of sp³-hybridized carbons (Fsp3) is 0.929. The maximum absolute atomic E-state index is 12.4. The number of carbonyl (C=O) groups is 1. The van der Waals surface area contributed by atoms with Gasteiger partial charge in [-0.25, -0.2) is 0 Å². The number of carbonyl (C=O) groups excluding carboxylic acids is 1. The molecule has 2 unspecified atom stereocenters. The van der Waals surface area contributed by atoms with Crippen LogP contribution >= 0.6 is 0 Å². The average molecular weight is 240 g/mol. The van der Waals surface area contributed by atoms with E-state index >= 15 is 0 Å². The summed E-state index contributed by atoms with van der Waals surface area (Å²) in [5.41, 5.74) is -0.163. The van der Waals surface area contributed by atoms with Crippen molar-refractivity contribution in [3.8, 4) is 0 Å². The Morgan fingerprint density at radius 3 is 2.59 bits per heavy atom. The van der Waals surface area contributed by atoms with Crippen molar-refractivity contribution >= 4 is 5.91 Å². The molecule has 0 aromatic rings. The van der Waals surface area contributed by atoms with E-state index in [1.807, 2.05) is 0 Å². The average Bonchev–Trinajstić information content (AvgIpc) is 2.28. The smallest absolute Gasteiger partial charge is 0.227 e. The topological polar surface area (TPSA) is 41.1 Å². The molecule has 3 heteroatoms. The number of nitrogens with one attached hydrogen (secondary N) is 2. The van der Waals surface area contributed by atoms with Crippen LogP contribution in [0.4, 0.5) is 0 Å². The second-order valence-corrected chi connectivity index (χ2v) is 5.92. The number of piperidine rings is 1. The van der Waals surface area contributed by atoms with E-state index in [-0.39, 0.29) is 17.4 Å². The molecular weight excluding hydrogens is 212 g/mol. The summed E-state index contributed by atoms with van der Waals surface area (Å²) in [6.45, 7) is 10.5. The normalized spacial score (nSPS) is 26.9. The molecule has 1 amide bonds. The van der Waals surface area contributed by atoms with Crippen LogP contribution in [0.25, 0.3) is 0 Å². The Hall–Kier alpha value is -0.570. The van der Waals surface area contributed by atoms with Crippen molar-refractivity contribution in [3.63, 3.8) is 0 Å². The summed E-state index contributed by atoms with van der Waals surface area (Å²) in [4.78, 5) is 12.4. The number of amides is 1. The maximum Gasteiger partial charge on any atom is 0.227 e. The predicted octanol–water partition coefficient (Wildman–Crippen LogP) is 2.32. The lowest BCUT2D eigenvalue weighted by Gasteiger charge is -2.36. The lowest BCUT2D eigenvalue weighted by Crippen LogP contribution is -2.52. The van der Waals surface area contributed by atoms with Gasteiger partial charge in [-0.2, -0.15) is 0 Å². The highest BCUT2D eigenvalue weighted by molar-refractivity contribution is 5.83. The Labute approximate surface area is 106 Å². The highest BCUT2D eigenvalue weighted by Crippen LogP contribution is 2.30. The van der Waals surface area contributed by atoms with Crippen molar-refractivity contribution in [2.24, 2.45) is 11.3 Å². The molecule has 2 atom stereocenters. The molecule has 100 valence electrons. The first-order valence-corrected chi connectivity index (χ1v) is 7.02. The van der Waals surface area contributed by atoms with Crippen molar-refractivity contribution in [1.29, 1.82) is 0 Å². The van der Waals surface area contributed by atoms with Crippen LogP contribution in [-0.4, -0.2) is 25.0 Å². The van der Waals surface area contributed by atoms with Crippen LogP contribution in [0.5, 0.6) is 0 Å². The van der Waals surface area contributed by atoms with E-state index in [9.17, 15) is 4.79 Å². The molecule has 0 bridgehead atoms. The molecule has 0 aromatic carbocycles. The molecule has 1 aliphatic rings. The lowest BCUT2D eigenvalue weighted by atomic mass is 9.77. The summed E-state index contributed by atoms with van der Waals surface area (Å²) in [6.07, 6.45) is 4.12. The third kappa shape index (κ3) is 3.98. The van der Waals surface area contributed by atoms with Crippen LogP contribution in [-0.2, 0) is 4.79 Å². The van der Waals surface area contributed by atoms with Gasteiger partial charge in [-0.1, -0.05) is 20.8 Å². The SMILES string of the molecule is CCC1(C(=O)NC(C)CC(C)C)CCCNC1. The molecule has 0 spiro atoms. The number of hydrogen-bond acceptors (Lipinski definition) is 2. The molecule has 0 saturated carbocycles. The van der Waals surface area contributed by atoms with Gasteiger partial charge in [-0.05, 0) is 45.1 Å². The number of hydrogen-bond donors (Lipinski definition) is 2.